The number of aromatic nitrogens is 2. The summed E-state index contributed by atoms with van der Waals surface area (Å²) < 4.78 is 11.3. The summed E-state index contributed by atoms with van der Waals surface area (Å²) in [6.45, 7) is 0.267. The van der Waals surface area contributed by atoms with Gasteiger partial charge in [0.1, 0.15) is 29.7 Å². The van der Waals surface area contributed by atoms with Crippen LogP contribution in [0, 0.1) is 11.3 Å². The number of halogens is 1. The van der Waals surface area contributed by atoms with Crippen LogP contribution in [0.1, 0.15) is 16.7 Å². The van der Waals surface area contributed by atoms with Crippen molar-refractivity contribution in [3.63, 3.8) is 0 Å². The van der Waals surface area contributed by atoms with Gasteiger partial charge < -0.3 is 9.47 Å². The standard InChI is InChI=1S/C26H20ClN5O3/c1-34-23-11-10-17(12-19(23)16-35-21-9-5-8-20(27)13-21)15-29-32-26-30-24(18-6-3-2-4-7-18)22(14-28)25(33)31-26/h2-13,15H,16H2,1H3,(H2,30,31,32,33). The number of nitrogens with one attached hydrogen (secondary N) is 2. The third-order valence-corrected chi connectivity index (χ3v) is 5.19. The lowest BCUT2D eigenvalue weighted by molar-refractivity contribution is 0.296. The van der Waals surface area contributed by atoms with E-state index in [2.05, 4.69) is 20.5 Å². The predicted molar refractivity (Wildman–Crippen MR) is 135 cm³/mol. The smallest absolute Gasteiger partial charge is 0.270 e. The summed E-state index contributed by atoms with van der Waals surface area (Å²) in [6.07, 6.45) is 1.57. The van der Waals surface area contributed by atoms with Crippen molar-refractivity contribution in [1.82, 2.24) is 9.97 Å². The monoisotopic (exact) mass is 485 g/mol. The Morgan fingerprint density at radius 3 is 2.71 bits per heavy atom. The van der Waals surface area contributed by atoms with E-state index in [1.165, 1.54) is 0 Å². The van der Waals surface area contributed by atoms with E-state index in [1.807, 2.05) is 54.6 Å². The predicted octanol–water partition coefficient (Wildman–Crippen LogP) is 5.00. The van der Waals surface area contributed by atoms with E-state index in [0.29, 0.717) is 22.1 Å². The summed E-state index contributed by atoms with van der Waals surface area (Å²) in [4.78, 5) is 19.3. The van der Waals surface area contributed by atoms with Crippen LogP contribution in [0.5, 0.6) is 11.5 Å². The van der Waals surface area contributed by atoms with Gasteiger partial charge in [0.15, 0.2) is 0 Å². The first-order valence-electron chi connectivity index (χ1n) is 10.5. The molecule has 4 rings (SSSR count). The fraction of sp³-hybridized carbons (Fsp3) is 0.0769. The largest absolute Gasteiger partial charge is 0.496 e. The van der Waals surface area contributed by atoms with Gasteiger partial charge in [0.05, 0.1) is 19.0 Å². The highest BCUT2D eigenvalue weighted by atomic mass is 35.5. The lowest BCUT2D eigenvalue weighted by Crippen LogP contribution is -2.16. The van der Waals surface area contributed by atoms with Crippen molar-refractivity contribution < 1.29 is 9.47 Å². The molecule has 9 heteroatoms. The number of rotatable bonds is 8. The summed E-state index contributed by atoms with van der Waals surface area (Å²) in [6, 6.07) is 23.6. The second-order valence-corrected chi connectivity index (χ2v) is 7.74. The van der Waals surface area contributed by atoms with E-state index < -0.39 is 5.56 Å². The van der Waals surface area contributed by atoms with Crippen LogP contribution in [0.4, 0.5) is 5.95 Å². The fourth-order valence-corrected chi connectivity index (χ4v) is 3.49. The van der Waals surface area contributed by atoms with Crippen LogP contribution in [0.3, 0.4) is 0 Å². The molecule has 35 heavy (non-hydrogen) atoms. The number of H-pyrrole nitrogens is 1. The average molecular weight is 486 g/mol. The molecule has 0 aliphatic heterocycles. The lowest BCUT2D eigenvalue weighted by Gasteiger charge is -2.11. The van der Waals surface area contributed by atoms with Crippen molar-refractivity contribution in [2.24, 2.45) is 5.10 Å². The molecule has 1 heterocycles. The molecule has 3 aromatic carbocycles. The molecule has 0 aliphatic carbocycles. The Labute approximate surface area is 206 Å². The van der Waals surface area contributed by atoms with Crippen molar-refractivity contribution in [2.75, 3.05) is 12.5 Å². The zero-order valence-corrected chi connectivity index (χ0v) is 19.4. The van der Waals surface area contributed by atoms with E-state index in [0.717, 1.165) is 11.1 Å². The number of ether oxygens (including phenoxy) is 2. The molecular weight excluding hydrogens is 466 g/mol. The van der Waals surface area contributed by atoms with Gasteiger partial charge in [-0.3, -0.25) is 9.78 Å². The first-order chi connectivity index (χ1) is 17.1. The maximum absolute atomic E-state index is 12.4. The summed E-state index contributed by atoms with van der Waals surface area (Å²) in [7, 11) is 1.59. The molecule has 0 atom stereocenters. The van der Waals surface area contributed by atoms with Gasteiger partial charge in [-0.1, -0.05) is 48.0 Å². The van der Waals surface area contributed by atoms with E-state index in [9.17, 15) is 10.1 Å². The summed E-state index contributed by atoms with van der Waals surface area (Å²) in [5.41, 5.74) is 4.62. The minimum Gasteiger partial charge on any atom is -0.496 e. The molecule has 0 spiro atoms. The van der Waals surface area contributed by atoms with Crippen LogP contribution in [0.2, 0.25) is 5.02 Å². The van der Waals surface area contributed by atoms with Crippen molar-refractivity contribution in [3.05, 3.63) is 105 Å². The zero-order valence-electron chi connectivity index (χ0n) is 18.7. The number of hydrazone groups is 1. The Balaban J connectivity index is 1.52. The molecule has 2 N–H and O–H groups in total. The summed E-state index contributed by atoms with van der Waals surface area (Å²) >= 11 is 6.02. The van der Waals surface area contributed by atoms with Crippen LogP contribution >= 0.6 is 11.6 Å². The van der Waals surface area contributed by atoms with E-state index in [1.54, 1.807) is 37.6 Å². The van der Waals surface area contributed by atoms with Gasteiger partial charge in [-0.15, -0.1) is 0 Å². The number of hydrogen-bond acceptors (Lipinski definition) is 7. The second kappa shape index (κ2) is 11.0. The van der Waals surface area contributed by atoms with Gasteiger partial charge in [0.25, 0.3) is 5.56 Å². The third-order valence-electron chi connectivity index (χ3n) is 4.96. The summed E-state index contributed by atoms with van der Waals surface area (Å²) in [5.74, 6) is 1.43. The quantitative estimate of drug-likeness (QED) is 0.268. The van der Waals surface area contributed by atoms with Crippen LogP contribution in [-0.2, 0) is 6.61 Å². The molecule has 0 bridgehead atoms. The molecule has 0 unspecified atom stereocenters. The minimum absolute atomic E-state index is 0.0646. The van der Waals surface area contributed by atoms with Crippen molar-refractivity contribution in [1.29, 1.82) is 5.26 Å². The van der Waals surface area contributed by atoms with Crippen molar-refractivity contribution >= 4 is 23.8 Å². The normalized spacial score (nSPS) is 10.7. The maximum Gasteiger partial charge on any atom is 0.270 e. The molecule has 1 aromatic heterocycles. The van der Waals surface area contributed by atoms with Crippen LogP contribution < -0.4 is 20.5 Å². The molecule has 174 valence electrons. The van der Waals surface area contributed by atoms with Crippen LogP contribution in [0.15, 0.2) is 82.7 Å². The number of hydrogen-bond donors (Lipinski definition) is 2. The molecule has 8 nitrogen and oxygen atoms in total. The Morgan fingerprint density at radius 1 is 1.14 bits per heavy atom. The van der Waals surface area contributed by atoms with Gasteiger partial charge in [0.2, 0.25) is 5.95 Å². The number of anilines is 1. The van der Waals surface area contributed by atoms with Gasteiger partial charge in [0, 0.05) is 16.1 Å². The Hall–Kier alpha value is -4.61. The second-order valence-electron chi connectivity index (χ2n) is 7.30. The van der Waals surface area contributed by atoms with Gasteiger partial charge in [-0.05, 0) is 42.0 Å². The minimum atomic E-state index is -0.552. The highest BCUT2D eigenvalue weighted by Gasteiger charge is 2.13. The Morgan fingerprint density at radius 2 is 1.97 bits per heavy atom. The third kappa shape index (κ3) is 5.85. The Bertz CT molecular complexity index is 1460. The molecular formula is C26H20ClN5O3. The first kappa shape index (κ1) is 23.5. The fourth-order valence-electron chi connectivity index (χ4n) is 3.31. The topological polar surface area (TPSA) is 112 Å². The SMILES string of the molecule is COc1ccc(C=NNc2nc(-c3ccccc3)c(C#N)c(=O)[nH]2)cc1COc1cccc(Cl)c1. The van der Waals surface area contributed by atoms with Gasteiger partial charge in [-0.25, -0.2) is 10.4 Å². The Kier molecular flexibility index (Phi) is 7.40. The van der Waals surface area contributed by atoms with Gasteiger partial charge >= 0.3 is 0 Å². The lowest BCUT2D eigenvalue weighted by atomic mass is 10.1. The number of benzene rings is 3. The molecule has 0 saturated heterocycles. The highest BCUT2D eigenvalue weighted by molar-refractivity contribution is 6.30. The summed E-state index contributed by atoms with van der Waals surface area (Å²) in [5, 5.41) is 14.2. The van der Waals surface area contributed by atoms with E-state index in [4.69, 9.17) is 21.1 Å². The molecule has 0 fully saturated rings. The number of methoxy groups -OCH3 is 1. The average Bonchev–Trinajstić information content (AvgIpc) is 2.88. The molecule has 0 saturated carbocycles. The molecule has 0 amide bonds. The van der Waals surface area contributed by atoms with E-state index in [-0.39, 0.29) is 23.8 Å². The van der Waals surface area contributed by atoms with E-state index >= 15 is 0 Å². The van der Waals surface area contributed by atoms with Crippen molar-refractivity contribution in [3.8, 4) is 28.8 Å². The number of nitriles is 1. The van der Waals surface area contributed by atoms with Crippen LogP contribution in [-0.4, -0.2) is 23.3 Å². The highest BCUT2D eigenvalue weighted by Crippen LogP contribution is 2.24. The van der Waals surface area contributed by atoms with Crippen LogP contribution in [0.25, 0.3) is 11.3 Å². The zero-order chi connectivity index (χ0) is 24.6. The number of aromatic amines is 1. The molecule has 4 aromatic rings. The maximum atomic E-state index is 12.4. The number of nitrogens with zero attached hydrogens (tertiary/aromatic N) is 3. The van der Waals surface area contributed by atoms with Crippen molar-refractivity contribution in [2.45, 2.75) is 6.61 Å². The van der Waals surface area contributed by atoms with Gasteiger partial charge in [-0.2, -0.15) is 10.4 Å². The first-order valence-corrected chi connectivity index (χ1v) is 10.9. The molecule has 0 radical (unpaired) electrons. The molecule has 0 aliphatic rings.